The zero-order chi connectivity index (χ0) is 24.8. The van der Waals surface area contributed by atoms with Crippen LogP contribution in [-0.2, 0) is 0 Å². The number of anilines is 1. The first-order chi connectivity index (χ1) is 17.0. The van der Waals surface area contributed by atoms with Crippen LogP contribution in [0.1, 0.15) is 40.1 Å². The van der Waals surface area contributed by atoms with Gasteiger partial charge in [0.15, 0.2) is 10.9 Å². The number of likely N-dealkylation sites (N-methyl/N-ethyl adjacent to an activating group) is 1. The van der Waals surface area contributed by atoms with Crippen molar-refractivity contribution in [2.75, 3.05) is 38.2 Å². The topological polar surface area (TPSA) is 62.7 Å². The number of amides is 1. The van der Waals surface area contributed by atoms with Crippen LogP contribution in [0, 0.1) is 0 Å². The van der Waals surface area contributed by atoms with Gasteiger partial charge in [0, 0.05) is 29.8 Å². The lowest BCUT2D eigenvalue weighted by molar-refractivity contribution is -0.0000220. The van der Waals surface area contributed by atoms with Gasteiger partial charge in [-0.25, -0.2) is 4.98 Å². The molecule has 8 heteroatoms. The third-order valence-corrected chi connectivity index (χ3v) is 7.07. The monoisotopic (exact) mass is 522 g/mol. The van der Waals surface area contributed by atoms with Crippen LogP contribution in [0.15, 0.2) is 72.8 Å². The summed E-state index contributed by atoms with van der Waals surface area (Å²) in [6, 6.07) is 21.8. The lowest BCUT2D eigenvalue weighted by Crippen LogP contribution is -3.00. The Balaban J connectivity index is 0.00000361. The standard InChI is InChI=1S/C28H29N3O3S.ClH/c1-4-30(5-2)18-19-31(28-29-25-23(34-3)12-9-13-24(25)35-28)27(33)22-16-14-21(15-17-22)26(32)20-10-7-6-8-11-20;/h6-17H,4-5,18-19H2,1-3H3;1H/p-1. The molecule has 3 aromatic carbocycles. The summed E-state index contributed by atoms with van der Waals surface area (Å²) in [6.45, 7) is 7.27. The molecule has 6 nitrogen and oxygen atoms in total. The van der Waals surface area contributed by atoms with Gasteiger partial charge in [0.25, 0.3) is 5.91 Å². The summed E-state index contributed by atoms with van der Waals surface area (Å²) in [5.41, 5.74) is 2.43. The molecule has 4 aromatic rings. The Bertz CT molecular complexity index is 1300. The van der Waals surface area contributed by atoms with E-state index in [9.17, 15) is 9.59 Å². The quantitative estimate of drug-likeness (QED) is 0.300. The fraction of sp³-hybridized carbons (Fsp3) is 0.250. The molecule has 1 amide bonds. The molecule has 0 aliphatic carbocycles. The normalized spacial score (nSPS) is 10.8. The molecule has 4 rings (SSSR count). The number of methoxy groups -OCH3 is 1. The highest BCUT2D eigenvalue weighted by Gasteiger charge is 2.23. The average molecular weight is 523 g/mol. The van der Waals surface area contributed by atoms with Gasteiger partial charge < -0.3 is 22.0 Å². The Kier molecular flexibility index (Phi) is 9.58. The van der Waals surface area contributed by atoms with Crippen LogP contribution in [0.3, 0.4) is 0 Å². The van der Waals surface area contributed by atoms with Crippen molar-refractivity contribution in [3.63, 3.8) is 0 Å². The fourth-order valence-electron chi connectivity index (χ4n) is 3.93. The first-order valence-corrected chi connectivity index (χ1v) is 12.5. The maximum atomic E-state index is 13.7. The summed E-state index contributed by atoms with van der Waals surface area (Å²) < 4.78 is 6.43. The molecule has 0 fully saturated rings. The smallest absolute Gasteiger partial charge is 0.260 e. The number of benzene rings is 3. The Morgan fingerprint density at radius 2 is 1.47 bits per heavy atom. The highest BCUT2D eigenvalue weighted by molar-refractivity contribution is 7.22. The SMILES string of the molecule is CCN(CC)CCN(C(=O)c1ccc(C(=O)c2ccccc2)cc1)c1nc2c(OC)cccc2s1.[Cl-]. The Morgan fingerprint density at radius 1 is 0.833 bits per heavy atom. The number of nitrogens with zero attached hydrogens (tertiary/aromatic N) is 3. The van der Waals surface area contributed by atoms with Crippen molar-refractivity contribution < 1.29 is 26.7 Å². The predicted octanol–water partition coefficient (Wildman–Crippen LogP) is 2.53. The molecule has 0 bridgehead atoms. The van der Waals surface area contributed by atoms with Crippen molar-refractivity contribution in [3.05, 3.63) is 89.5 Å². The molecule has 1 heterocycles. The van der Waals surface area contributed by atoms with E-state index in [1.807, 2.05) is 36.4 Å². The van der Waals surface area contributed by atoms with E-state index in [4.69, 9.17) is 9.72 Å². The molecule has 0 unspecified atom stereocenters. The molecule has 0 N–H and O–H groups in total. The second kappa shape index (κ2) is 12.6. The fourth-order valence-corrected chi connectivity index (χ4v) is 4.94. The molecule has 1 aromatic heterocycles. The van der Waals surface area contributed by atoms with Gasteiger partial charge in [-0.2, -0.15) is 0 Å². The average Bonchev–Trinajstić information content (AvgIpc) is 3.35. The molecule has 0 saturated heterocycles. The van der Waals surface area contributed by atoms with E-state index in [1.165, 1.54) is 11.3 Å². The second-order valence-electron chi connectivity index (χ2n) is 8.06. The van der Waals surface area contributed by atoms with Crippen LogP contribution >= 0.6 is 11.3 Å². The van der Waals surface area contributed by atoms with Gasteiger partial charge in [0.1, 0.15) is 11.3 Å². The summed E-state index contributed by atoms with van der Waals surface area (Å²) >= 11 is 1.47. The Hall–Kier alpha value is -3.26. The summed E-state index contributed by atoms with van der Waals surface area (Å²) in [7, 11) is 1.62. The van der Waals surface area contributed by atoms with Crippen molar-refractivity contribution in [1.29, 1.82) is 0 Å². The van der Waals surface area contributed by atoms with E-state index in [-0.39, 0.29) is 24.1 Å². The number of rotatable bonds is 10. The van der Waals surface area contributed by atoms with Crippen LogP contribution < -0.4 is 22.0 Å². The van der Waals surface area contributed by atoms with Crippen LogP contribution in [0.4, 0.5) is 5.13 Å². The van der Waals surface area contributed by atoms with Gasteiger partial charge >= 0.3 is 0 Å². The van der Waals surface area contributed by atoms with E-state index < -0.39 is 0 Å². The first kappa shape index (κ1) is 27.3. The van der Waals surface area contributed by atoms with Gasteiger partial charge in [-0.3, -0.25) is 14.5 Å². The van der Waals surface area contributed by atoms with E-state index in [2.05, 4.69) is 18.7 Å². The number of para-hydroxylation sites is 1. The van der Waals surface area contributed by atoms with Crippen molar-refractivity contribution in [3.8, 4) is 5.75 Å². The van der Waals surface area contributed by atoms with Crippen molar-refractivity contribution >= 4 is 38.4 Å². The third-order valence-electron chi connectivity index (χ3n) is 6.03. The molecular weight excluding hydrogens is 494 g/mol. The van der Waals surface area contributed by atoms with Gasteiger partial charge in [-0.15, -0.1) is 0 Å². The maximum Gasteiger partial charge on any atom is 0.260 e. The number of carbonyl (C=O) groups excluding carboxylic acids is 2. The van der Waals surface area contributed by atoms with Crippen molar-refractivity contribution in [1.82, 2.24) is 9.88 Å². The molecule has 0 aliphatic rings. The molecule has 0 aliphatic heterocycles. The van der Waals surface area contributed by atoms with Crippen LogP contribution in [-0.4, -0.2) is 54.9 Å². The number of thiazole rings is 1. The van der Waals surface area contributed by atoms with E-state index in [0.717, 1.165) is 29.9 Å². The van der Waals surface area contributed by atoms with Crippen LogP contribution in [0.2, 0.25) is 0 Å². The maximum absolute atomic E-state index is 13.7. The highest BCUT2D eigenvalue weighted by atomic mass is 35.5. The first-order valence-electron chi connectivity index (χ1n) is 11.7. The largest absolute Gasteiger partial charge is 1.00 e. The summed E-state index contributed by atoms with van der Waals surface area (Å²) in [5.74, 6) is 0.472. The number of fused-ring (bicyclic) bond motifs is 1. The van der Waals surface area contributed by atoms with Crippen molar-refractivity contribution in [2.24, 2.45) is 0 Å². The number of hydrogen-bond donors (Lipinski definition) is 0. The summed E-state index contributed by atoms with van der Waals surface area (Å²) in [4.78, 5) is 35.2. The molecule has 0 saturated carbocycles. The van der Waals surface area contributed by atoms with Crippen molar-refractivity contribution in [2.45, 2.75) is 13.8 Å². The van der Waals surface area contributed by atoms with Gasteiger partial charge in [-0.1, -0.05) is 73.7 Å². The van der Waals surface area contributed by atoms with Crippen LogP contribution in [0.5, 0.6) is 5.75 Å². The number of ether oxygens (including phenoxy) is 1. The lowest BCUT2D eigenvalue weighted by atomic mass is 10.0. The van der Waals surface area contributed by atoms with Crippen LogP contribution in [0.25, 0.3) is 10.2 Å². The molecule has 0 spiro atoms. The zero-order valence-electron chi connectivity index (χ0n) is 20.6. The number of halogens is 1. The molecule has 0 radical (unpaired) electrons. The molecule has 36 heavy (non-hydrogen) atoms. The number of carbonyl (C=O) groups is 2. The lowest BCUT2D eigenvalue weighted by Gasteiger charge is -2.24. The van der Waals surface area contributed by atoms with Gasteiger partial charge in [0.2, 0.25) is 0 Å². The van der Waals surface area contributed by atoms with E-state index >= 15 is 0 Å². The predicted molar refractivity (Wildman–Crippen MR) is 142 cm³/mol. The van der Waals surface area contributed by atoms with Gasteiger partial charge in [-0.05, 0) is 37.4 Å². The summed E-state index contributed by atoms with van der Waals surface area (Å²) in [5, 5.41) is 0.631. The minimum Gasteiger partial charge on any atom is -1.00 e. The Morgan fingerprint density at radius 3 is 2.11 bits per heavy atom. The minimum absolute atomic E-state index is 0. The number of hydrogen-bond acceptors (Lipinski definition) is 6. The number of ketones is 1. The summed E-state index contributed by atoms with van der Waals surface area (Å²) in [6.07, 6.45) is 0. The van der Waals surface area contributed by atoms with Gasteiger partial charge in [0.05, 0.1) is 11.8 Å². The highest BCUT2D eigenvalue weighted by Crippen LogP contribution is 2.34. The minimum atomic E-state index is -0.145. The zero-order valence-corrected chi connectivity index (χ0v) is 22.2. The number of aromatic nitrogens is 1. The third kappa shape index (κ3) is 5.93. The molecule has 0 atom stereocenters. The van der Waals surface area contributed by atoms with E-state index in [0.29, 0.717) is 34.1 Å². The van der Waals surface area contributed by atoms with E-state index in [1.54, 1.807) is 48.4 Å². The second-order valence-corrected chi connectivity index (χ2v) is 9.07. The molecule has 188 valence electrons. The molecular formula is C28H29ClN3O3S-. The Labute approximate surface area is 221 Å².